The van der Waals surface area contributed by atoms with E-state index in [1.54, 1.807) is 18.2 Å². The SMILES string of the molecule is CCc1cc(COC(=O)c2c(N)cccc2Cl)n(CC)n1. The number of rotatable bonds is 5. The van der Waals surface area contributed by atoms with Gasteiger partial charge in [-0.2, -0.15) is 5.10 Å². The number of nitrogens with two attached hydrogens (primary N) is 1. The van der Waals surface area contributed by atoms with Crippen LogP contribution in [0.2, 0.25) is 5.02 Å². The fourth-order valence-electron chi connectivity index (χ4n) is 2.05. The summed E-state index contributed by atoms with van der Waals surface area (Å²) in [5.41, 5.74) is 8.11. The minimum absolute atomic E-state index is 0.143. The zero-order valence-electron chi connectivity index (χ0n) is 12.1. The van der Waals surface area contributed by atoms with Gasteiger partial charge in [0.05, 0.1) is 16.4 Å². The Morgan fingerprint density at radius 1 is 1.43 bits per heavy atom. The van der Waals surface area contributed by atoms with Crippen LogP contribution in [0.15, 0.2) is 24.3 Å². The minimum Gasteiger partial charge on any atom is -0.456 e. The minimum atomic E-state index is -0.528. The Morgan fingerprint density at radius 2 is 2.19 bits per heavy atom. The topological polar surface area (TPSA) is 70.1 Å². The number of nitrogens with zero attached hydrogens (tertiary/aromatic N) is 2. The maximum atomic E-state index is 12.1. The molecule has 0 aliphatic rings. The van der Waals surface area contributed by atoms with Crippen molar-refractivity contribution in [2.45, 2.75) is 33.4 Å². The standard InChI is InChI=1S/C15H18ClN3O2/c1-3-10-8-11(19(4-2)18-10)9-21-15(20)14-12(16)6-5-7-13(14)17/h5-8H,3-4,9,17H2,1-2H3. The van der Waals surface area contributed by atoms with Crippen molar-refractivity contribution in [2.24, 2.45) is 0 Å². The Bertz CT molecular complexity index is 632. The Morgan fingerprint density at radius 3 is 2.81 bits per heavy atom. The summed E-state index contributed by atoms with van der Waals surface area (Å²) in [7, 11) is 0. The lowest BCUT2D eigenvalue weighted by Gasteiger charge is -2.09. The molecule has 5 nitrogen and oxygen atoms in total. The molecule has 0 fully saturated rings. The van der Waals surface area contributed by atoms with Crippen LogP contribution in [0.4, 0.5) is 5.69 Å². The molecule has 0 saturated carbocycles. The van der Waals surface area contributed by atoms with Crippen molar-refractivity contribution < 1.29 is 9.53 Å². The molecule has 21 heavy (non-hydrogen) atoms. The summed E-state index contributed by atoms with van der Waals surface area (Å²) in [6.45, 7) is 4.89. The average Bonchev–Trinajstić information content (AvgIpc) is 2.87. The van der Waals surface area contributed by atoms with E-state index in [-0.39, 0.29) is 12.2 Å². The summed E-state index contributed by atoms with van der Waals surface area (Å²) < 4.78 is 7.13. The third-order valence-electron chi connectivity index (χ3n) is 3.18. The van der Waals surface area contributed by atoms with Crippen LogP contribution in [0.5, 0.6) is 0 Å². The number of nitrogen functional groups attached to an aromatic ring is 1. The van der Waals surface area contributed by atoms with Crippen LogP contribution in [-0.4, -0.2) is 15.7 Å². The van der Waals surface area contributed by atoms with Crippen LogP contribution in [-0.2, 0) is 24.3 Å². The number of hydrogen-bond acceptors (Lipinski definition) is 4. The van der Waals surface area contributed by atoms with Crippen molar-refractivity contribution in [1.82, 2.24) is 9.78 Å². The number of carbonyl (C=O) groups excluding carboxylic acids is 1. The first-order valence-corrected chi connectivity index (χ1v) is 7.21. The summed E-state index contributed by atoms with van der Waals surface area (Å²) in [4.78, 5) is 12.1. The predicted octanol–water partition coefficient (Wildman–Crippen LogP) is 3.06. The van der Waals surface area contributed by atoms with E-state index in [0.29, 0.717) is 10.7 Å². The van der Waals surface area contributed by atoms with Gasteiger partial charge in [-0.15, -0.1) is 0 Å². The highest BCUT2D eigenvalue weighted by molar-refractivity contribution is 6.34. The van der Waals surface area contributed by atoms with Gasteiger partial charge < -0.3 is 10.5 Å². The lowest BCUT2D eigenvalue weighted by Crippen LogP contribution is -2.11. The highest BCUT2D eigenvalue weighted by Crippen LogP contribution is 2.23. The maximum Gasteiger partial charge on any atom is 0.342 e. The van der Waals surface area contributed by atoms with E-state index >= 15 is 0 Å². The Labute approximate surface area is 128 Å². The van der Waals surface area contributed by atoms with Crippen molar-refractivity contribution in [3.8, 4) is 0 Å². The van der Waals surface area contributed by atoms with Crippen molar-refractivity contribution in [2.75, 3.05) is 5.73 Å². The summed E-state index contributed by atoms with van der Waals surface area (Å²) in [6, 6.07) is 6.86. The Kier molecular flexibility index (Phi) is 4.85. The van der Waals surface area contributed by atoms with Crippen molar-refractivity contribution >= 4 is 23.3 Å². The van der Waals surface area contributed by atoms with E-state index in [2.05, 4.69) is 5.10 Å². The highest BCUT2D eigenvalue weighted by Gasteiger charge is 2.16. The van der Waals surface area contributed by atoms with E-state index in [1.165, 1.54) is 0 Å². The van der Waals surface area contributed by atoms with Crippen molar-refractivity contribution in [1.29, 1.82) is 0 Å². The largest absolute Gasteiger partial charge is 0.456 e. The second-order valence-electron chi connectivity index (χ2n) is 4.58. The van der Waals surface area contributed by atoms with Gasteiger partial charge in [-0.1, -0.05) is 24.6 Å². The quantitative estimate of drug-likeness (QED) is 0.681. The van der Waals surface area contributed by atoms with Gasteiger partial charge in [-0.3, -0.25) is 4.68 Å². The number of esters is 1. The van der Waals surface area contributed by atoms with Gasteiger partial charge in [-0.05, 0) is 31.5 Å². The fourth-order valence-corrected chi connectivity index (χ4v) is 2.30. The van der Waals surface area contributed by atoms with Crippen LogP contribution in [0, 0.1) is 0 Å². The molecule has 1 aromatic heterocycles. The molecule has 0 atom stereocenters. The lowest BCUT2D eigenvalue weighted by atomic mass is 10.2. The van der Waals surface area contributed by atoms with E-state index in [0.717, 1.165) is 24.4 Å². The maximum absolute atomic E-state index is 12.1. The third kappa shape index (κ3) is 3.36. The smallest absolute Gasteiger partial charge is 0.342 e. The summed E-state index contributed by atoms with van der Waals surface area (Å²) in [5, 5.41) is 4.70. The number of halogens is 1. The molecular formula is C15H18ClN3O2. The first kappa shape index (κ1) is 15.4. The second kappa shape index (κ2) is 6.63. The van der Waals surface area contributed by atoms with E-state index < -0.39 is 5.97 Å². The van der Waals surface area contributed by atoms with E-state index in [4.69, 9.17) is 22.1 Å². The zero-order valence-corrected chi connectivity index (χ0v) is 12.9. The first-order valence-electron chi connectivity index (χ1n) is 6.83. The van der Waals surface area contributed by atoms with E-state index in [9.17, 15) is 4.79 Å². The number of benzene rings is 1. The first-order chi connectivity index (χ1) is 10.1. The molecule has 1 aromatic carbocycles. The molecule has 0 amide bonds. The van der Waals surface area contributed by atoms with Gasteiger partial charge in [0.1, 0.15) is 12.2 Å². The molecule has 2 rings (SSSR count). The molecule has 0 aliphatic heterocycles. The highest BCUT2D eigenvalue weighted by atomic mass is 35.5. The van der Waals surface area contributed by atoms with Crippen LogP contribution < -0.4 is 5.73 Å². The van der Waals surface area contributed by atoms with Crippen LogP contribution in [0.3, 0.4) is 0 Å². The Hall–Kier alpha value is -2.01. The zero-order chi connectivity index (χ0) is 15.4. The van der Waals surface area contributed by atoms with Gasteiger partial charge in [0.2, 0.25) is 0 Å². The number of aromatic nitrogens is 2. The fraction of sp³-hybridized carbons (Fsp3) is 0.333. The molecule has 0 unspecified atom stereocenters. The number of anilines is 1. The molecule has 0 bridgehead atoms. The number of aryl methyl sites for hydroxylation is 2. The third-order valence-corrected chi connectivity index (χ3v) is 3.49. The molecule has 1 heterocycles. The van der Waals surface area contributed by atoms with Crippen molar-refractivity contribution in [3.05, 3.63) is 46.2 Å². The normalized spacial score (nSPS) is 10.6. The molecule has 2 aromatic rings. The molecule has 0 spiro atoms. The van der Waals surface area contributed by atoms with Gasteiger partial charge in [-0.25, -0.2) is 4.79 Å². The predicted molar refractivity (Wildman–Crippen MR) is 82.3 cm³/mol. The van der Waals surface area contributed by atoms with Crippen molar-refractivity contribution in [3.63, 3.8) is 0 Å². The molecule has 112 valence electrons. The van der Waals surface area contributed by atoms with Gasteiger partial charge in [0.15, 0.2) is 0 Å². The van der Waals surface area contributed by atoms with E-state index in [1.807, 2.05) is 24.6 Å². The molecule has 0 aliphatic carbocycles. The van der Waals surface area contributed by atoms with Crippen LogP contribution in [0.25, 0.3) is 0 Å². The van der Waals surface area contributed by atoms with Gasteiger partial charge >= 0.3 is 5.97 Å². The number of carbonyl (C=O) groups is 1. The second-order valence-corrected chi connectivity index (χ2v) is 4.98. The summed E-state index contributed by atoms with van der Waals surface area (Å²) in [6.07, 6.45) is 0.839. The van der Waals surface area contributed by atoms with Crippen LogP contribution >= 0.6 is 11.6 Å². The van der Waals surface area contributed by atoms with Crippen LogP contribution in [0.1, 0.15) is 35.6 Å². The number of hydrogen-bond donors (Lipinski definition) is 1. The Balaban J connectivity index is 2.13. The average molecular weight is 308 g/mol. The summed E-state index contributed by atoms with van der Waals surface area (Å²) in [5.74, 6) is -0.528. The molecule has 6 heteroatoms. The summed E-state index contributed by atoms with van der Waals surface area (Å²) >= 11 is 5.99. The van der Waals surface area contributed by atoms with Gasteiger partial charge in [0.25, 0.3) is 0 Å². The molecule has 0 radical (unpaired) electrons. The van der Waals surface area contributed by atoms with Gasteiger partial charge in [0, 0.05) is 12.2 Å². The number of ether oxygens (including phenoxy) is 1. The molecule has 0 saturated heterocycles. The lowest BCUT2D eigenvalue weighted by molar-refractivity contribution is 0.0464. The molecule has 2 N–H and O–H groups in total. The molecular weight excluding hydrogens is 290 g/mol. The monoisotopic (exact) mass is 307 g/mol.